The lowest BCUT2D eigenvalue weighted by Crippen LogP contribution is -2.31. The Bertz CT molecular complexity index is 1190. The first kappa shape index (κ1) is 23.9. The summed E-state index contributed by atoms with van der Waals surface area (Å²) in [5, 5.41) is 3.86. The maximum absolute atomic E-state index is 13.2. The number of hydrogen-bond donors (Lipinski definition) is 1. The highest BCUT2D eigenvalue weighted by Gasteiger charge is 2.40. The highest BCUT2D eigenvalue weighted by molar-refractivity contribution is 8.15. The molecule has 1 aliphatic heterocycles. The maximum Gasteiger partial charge on any atom is 0.247 e. The highest BCUT2D eigenvalue weighted by atomic mass is 35.5. The van der Waals surface area contributed by atoms with Crippen LogP contribution in [0.4, 0.5) is 11.4 Å². The molecule has 1 atom stereocenters. The average molecular weight is 494 g/mol. The quantitative estimate of drug-likeness (QED) is 0.270. The van der Waals surface area contributed by atoms with Crippen molar-refractivity contribution in [3.05, 3.63) is 89.4 Å². The second-order valence-corrected chi connectivity index (χ2v) is 9.26. The molecule has 1 N–H and O–H groups in total. The van der Waals surface area contributed by atoms with Crippen molar-refractivity contribution >= 4 is 51.7 Å². The lowest BCUT2D eigenvalue weighted by atomic mass is 10.2. The number of nitrogens with one attached hydrogen (secondary N) is 1. The molecule has 1 saturated heterocycles. The molecule has 0 bridgehead atoms. The maximum atomic E-state index is 13.2. The van der Waals surface area contributed by atoms with Crippen molar-refractivity contribution in [3.8, 4) is 5.75 Å². The lowest BCUT2D eigenvalue weighted by molar-refractivity contribution is -0.121. The summed E-state index contributed by atoms with van der Waals surface area (Å²) >= 11 is 7.40. The molecule has 0 spiro atoms. The number of nitrogens with zero attached hydrogens (tertiary/aromatic N) is 2. The van der Waals surface area contributed by atoms with Gasteiger partial charge < -0.3 is 10.1 Å². The van der Waals surface area contributed by atoms with E-state index < -0.39 is 5.25 Å². The fraction of sp³-hybridized carbons (Fsp3) is 0.192. The molecule has 1 unspecified atom stereocenters. The summed E-state index contributed by atoms with van der Waals surface area (Å²) in [4.78, 5) is 31.8. The van der Waals surface area contributed by atoms with Crippen molar-refractivity contribution < 1.29 is 14.3 Å². The van der Waals surface area contributed by atoms with Crippen LogP contribution in [-0.2, 0) is 16.0 Å². The topological polar surface area (TPSA) is 71.0 Å². The van der Waals surface area contributed by atoms with E-state index in [4.69, 9.17) is 21.3 Å². The van der Waals surface area contributed by atoms with Crippen LogP contribution in [0.1, 0.15) is 12.0 Å². The molecule has 2 amide bonds. The Labute approximate surface area is 208 Å². The number of methoxy groups -OCH3 is 1. The SMILES string of the molecule is COc1ccc(N2C(=O)CC(SC(=NCCc3ccccc3)Nc3cccc(Cl)c3)C2=O)cc1. The molecular weight excluding hydrogens is 470 g/mol. The number of aliphatic imine (C=N–C) groups is 1. The Kier molecular flexibility index (Phi) is 7.87. The summed E-state index contributed by atoms with van der Waals surface area (Å²) < 4.78 is 5.17. The third-order valence-corrected chi connectivity index (χ3v) is 6.61. The molecule has 4 rings (SSSR count). The minimum absolute atomic E-state index is 0.102. The number of carbonyl (C=O) groups excluding carboxylic acids is 2. The summed E-state index contributed by atoms with van der Waals surface area (Å²) in [7, 11) is 1.57. The number of benzene rings is 3. The number of amidine groups is 1. The van der Waals surface area contributed by atoms with E-state index in [1.165, 1.54) is 22.2 Å². The van der Waals surface area contributed by atoms with Crippen LogP contribution >= 0.6 is 23.4 Å². The van der Waals surface area contributed by atoms with Gasteiger partial charge in [0.1, 0.15) is 11.0 Å². The molecule has 34 heavy (non-hydrogen) atoms. The van der Waals surface area contributed by atoms with Crippen LogP contribution in [0.3, 0.4) is 0 Å². The van der Waals surface area contributed by atoms with Gasteiger partial charge in [0.25, 0.3) is 0 Å². The Hall–Kier alpha value is -3.29. The number of rotatable bonds is 7. The van der Waals surface area contributed by atoms with Crippen molar-refractivity contribution in [1.82, 2.24) is 0 Å². The number of amides is 2. The van der Waals surface area contributed by atoms with Crippen molar-refractivity contribution in [2.45, 2.75) is 18.1 Å². The Morgan fingerprint density at radius 1 is 1.09 bits per heavy atom. The minimum atomic E-state index is -0.572. The molecule has 0 saturated carbocycles. The van der Waals surface area contributed by atoms with Gasteiger partial charge in [-0.05, 0) is 54.4 Å². The van der Waals surface area contributed by atoms with Crippen LogP contribution in [0.25, 0.3) is 0 Å². The van der Waals surface area contributed by atoms with Gasteiger partial charge in [-0.25, -0.2) is 4.90 Å². The summed E-state index contributed by atoms with van der Waals surface area (Å²) in [6.45, 7) is 0.539. The largest absolute Gasteiger partial charge is 0.497 e. The summed E-state index contributed by atoms with van der Waals surface area (Å²) in [6.07, 6.45) is 0.863. The number of ether oxygens (including phenoxy) is 1. The van der Waals surface area contributed by atoms with Crippen molar-refractivity contribution in [2.75, 3.05) is 23.9 Å². The molecule has 0 aromatic heterocycles. The molecule has 8 heteroatoms. The van der Waals surface area contributed by atoms with Crippen LogP contribution in [0, 0.1) is 0 Å². The lowest BCUT2D eigenvalue weighted by Gasteiger charge is -2.16. The molecule has 1 fully saturated rings. The van der Waals surface area contributed by atoms with Crippen LogP contribution < -0.4 is 15.0 Å². The number of carbonyl (C=O) groups is 2. The van der Waals surface area contributed by atoms with E-state index in [1.807, 2.05) is 30.3 Å². The van der Waals surface area contributed by atoms with Gasteiger partial charge in [0.2, 0.25) is 11.8 Å². The van der Waals surface area contributed by atoms with Gasteiger partial charge in [-0.2, -0.15) is 0 Å². The molecule has 174 valence electrons. The van der Waals surface area contributed by atoms with Gasteiger partial charge in [-0.1, -0.05) is 59.8 Å². The van der Waals surface area contributed by atoms with Gasteiger partial charge in [0.05, 0.1) is 12.8 Å². The van der Waals surface area contributed by atoms with Crippen LogP contribution in [-0.4, -0.2) is 35.9 Å². The zero-order chi connectivity index (χ0) is 23.9. The number of halogens is 1. The fourth-order valence-corrected chi connectivity index (χ4v) is 4.80. The van der Waals surface area contributed by atoms with E-state index >= 15 is 0 Å². The van der Waals surface area contributed by atoms with Crippen molar-refractivity contribution in [3.63, 3.8) is 0 Å². The Morgan fingerprint density at radius 3 is 2.56 bits per heavy atom. The number of anilines is 2. The van der Waals surface area contributed by atoms with Gasteiger partial charge in [-0.3, -0.25) is 14.6 Å². The van der Waals surface area contributed by atoms with E-state index in [0.29, 0.717) is 28.2 Å². The zero-order valence-electron chi connectivity index (χ0n) is 18.6. The minimum Gasteiger partial charge on any atom is -0.497 e. The summed E-state index contributed by atoms with van der Waals surface area (Å²) in [6, 6.07) is 24.3. The average Bonchev–Trinajstić information content (AvgIpc) is 3.12. The first-order chi connectivity index (χ1) is 16.5. The Morgan fingerprint density at radius 2 is 1.85 bits per heavy atom. The van der Waals surface area contributed by atoms with E-state index in [1.54, 1.807) is 43.5 Å². The molecular formula is C26H24ClN3O3S. The second-order valence-electron chi connectivity index (χ2n) is 7.63. The van der Waals surface area contributed by atoms with Crippen LogP contribution in [0.2, 0.25) is 5.02 Å². The van der Waals surface area contributed by atoms with E-state index in [-0.39, 0.29) is 18.2 Å². The number of thioether (sulfide) groups is 1. The van der Waals surface area contributed by atoms with Gasteiger partial charge in [0.15, 0.2) is 5.17 Å². The molecule has 3 aromatic carbocycles. The van der Waals surface area contributed by atoms with Crippen molar-refractivity contribution in [2.24, 2.45) is 4.99 Å². The number of imide groups is 1. The summed E-state index contributed by atoms with van der Waals surface area (Å²) in [5.74, 6) is 0.162. The highest BCUT2D eigenvalue weighted by Crippen LogP contribution is 2.32. The Balaban J connectivity index is 1.50. The third kappa shape index (κ3) is 5.98. The molecule has 6 nitrogen and oxygen atoms in total. The van der Waals surface area contributed by atoms with Gasteiger partial charge >= 0.3 is 0 Å². The fourth-order valence-electron chi connectivity index (χ4n) is 3.56. The predicted molar refractivity (Wildman–Crippen MR) is 139 cm³/mol. The first-order valence-electron chi connectivity index (χ1n) is 10.8. The third-order valence-electron chi connectivity index (χ3n) is 5.26. The van der Waals surface area contributed by atoms with E-state index in [0.717, 1.165) is 12.1 Å². The monoisotopic (exact) mass is 493 g/mol. The molecule has 0 aliphatic carbocycles. The predicted octanol–water partition coefficient (Wildman–Crippen LogP) is 5.42. The first-order valence-corrected chi connectivity index (χ1v) is 12.1. The van der Waals surface area contributed by atoms with Gasteiger partial charge in [-0.15, -0.1) is 0 Å². The van der Waals surface area contributed by atoms with E-state index in [9.17, 15) is 9.59 Å². The smallest absolute Gasteiger partial charge is 0.247 e. The zero-order valence-corrected chi connectivity index (χ0v) is 20.2. The van der Waals surface area contributed by atoms with Gasteiger partial charge in [0, 0.05) is 23.7 Å². The summed E-state index contributed by atoms with van der Waals surface area (Å²) in [5.41, 5.74) is 2.47. The molecule has 0 radical (unpaired) electrons. The number of hydrogen-bond acceptors (Lipinski definition) is 5. The second kappa shape index (κ2) is 11.2. The molecule has 1 aliphatic rings. The normalized spacial score (nSPS) is 16.1. The van der Waals surface area contributed by atoms with E-state index in [2.05, 4.69) is 17.4 Å². The van der Waals surface area contributed by atoms with Crippen LogP contribution in [0.15, 0.2) is 83.9 Å². The standard InChI is InChI=1S/C26H24ClN3O3S/c1-33-22-12-10-21(11-13-22)30-24(31)17-23(25(30)32)34-26(29-20-9-5-8-19(27)16-20)28-15-14-18-6-3-2-4-7-18/h2-13,16,23H,14-15,17H2,1H3,(H,28,29). The van der Waals surface area contributed by atoms with Crippen LogP contribution in [0.5, 0.6) is 5.75 Å². The van der Waals surface area contributed by atoms with Crippen molar-refractivity contribution in [1.29, 1.82) is 0 Å². The molecule has 1 heterocycles. The molecule has 3 aromatic rings.